The summed E-state index contributed by atoms with van der Waals surface area (Å²) in [5, 5.41) is 0. The fourth-order valence-corrected chi connectivity index (χ4v) is 6.39. The number of hydrogen-bond acceptors (Lipinski definition) is 9. The van der Waals surface area contributed by atoms with Crippen LogP contribution < -0.4 is 0 Å². The monoisotopic (exact) mass is 702 g/mol. The molecule has 0 amide bonds. The third-order valence-corrected chi connectivity index (χ3v) is 9.11. The lowest BCUT2D eigenvalue weighted by molar-refractivity contribution is 0.0405. The summed E-state index contributed by atoms with van der Waals surface area (Å²) in [6.07, 6.45) is 0. The zero-order valence-electron chi connectivity index (χ0n) is 27.3. The Labute approximate surface area is 303 Å². The normalized spacial score (nSPS) is 10.4. The van der Waals surface area contributed by atoms with Crippen LogP contribution in [0.3, 0.4) is 0 Å². The summed E-state index contributed by atoms with van der Waals surface area (Å²) in [6, 6.07) is 42.5. The fraction of sp³-hybridized carbons (Fsp3) is 0. The van der Waals surface area contributed by atoms with Crippen LogP contribution in [0, 0.1) is 0 Å². The first kappa shape index (κ1) is 35.1. The van der Waals surface area contributed by atoms with Crippen LogP contribution in [0.15, 0.2) is 164 Å². The van der Waals surface area contributed by atoms with Crippen LogP contribution in [0.5, 0.6) is 0 Å². The predicted molar refractivity (Wildman–Crippen MR) is 191 cm³/mol. The van der Waals surface area contributed by atoms with E-state index in [1.54, 1.807) is 109 Å². The van der Waals surface area contributed by atoms with Gasteiger partial charge in [0, 0.05) is 33.4 Å². The second-order valence-electron chi connectivity index (χ2n) is 11.2. The molecule has 0 saturated heterocycles. The van der Waals surface area contributed by atoms with Gasteiger partial charge in [-0.05, 0) is 18.2 Å². The van der Waals surface area contributed by atoms with Gasteiger partial charge in [0.25, 0.3) is 0 Å². The largest absolute Gasteiger partial charge is 1.20 e. The zero-order chi connectivity index (χ0) is 36.5. The highest BCUT2D eigenvalue weighted by atomic mass is 27.3. The van der Waals surface area contributed by atoms with Crippen molar-refractivity contribution < 1.29 is 40.1 Å². The average Bonchev–Trinajstić information content (AvgIpc) is 3.20. The Morgan fingerprint density at radius 1 is 0.288 bits per heavy atom. The molecule has 6 aromatic rings. The molecule has 0 bridgehead atoms. The van der Waals surface area contributed by atoms with Crippen molar-refractivity contribution in [2.24, 2.45) is 0 Å². The standard InChI is InChI=1S/3C14H10O3.Al/c3*15-13(10-6-2-1-3-7-10)11-8-4-5-9-12(11)14(16)17;/h3*1-9H,(H,16,17);/q;;;+3/p-3. The molecule has 0 unspecified atom stereocenters. The van der Waals surface area contributed by atoms with E-state index < -0.39 is 50.4 Å². The van der Waals surface area contributed by atoms with Gasteiger partial charge in [-0.2, -0.15) is 0 Å². The van der Waals surface area contributed by atoms with E-state index in [1.807, 2.05) is 0 Å². The molecule has 0 aliphatic rings. The van der Waals surface area contributed by atoms with Gasteiger partial charge in [0.05, 0.1) is 16.7 Å². The van der Waals surface area contributed by atoms with Gasteiger partial charge >= 0.3 is 33.1 Å². The van der Waals surface area contributed by atoms with Gasteiger partial charge in [0.2, 0.25) is 0 Å². The molecule has 10 heteroatoms. The van der Waals surface area contributed by atoms with Gasteiger partial charge in [-0.25, -0.2) is 14.4 Å². The molecule has 0 heterocycles. The van der Waals surface area contributed by atoms with Crippen molar-refractivity contribution in [2.45, 2.75) is 0 Å². The van der Waals surface area contributed by atoms with E-state index in [-0.39, 0.29) is 33.4 Å². The Kier molecular flexibility index (Phi) is 11.0. The first-order valence-electron chi connectivity index (χ1n) is 16.0. The molecule has 0 aromatic heterocycles. The van der Waals surface area contributed by atoms with Crippen molar-refractivity contribution in [1.82, 2.24) is 0 Å². The average molecular weight is 703 g/mol. The van der Waals surface area contributed by atoms with Crippen molar-refractivity contribution >= 4 is 50.4 Å². The van der Waals surface area contributed by atoms with E-state index in [9.17, 15) is 28.8 Å². The number of hydrogen-bond donors (Lipinski definition) is 0. The molecule has 0 aliphatic carbocycles. The molecule has 52 heavy (non-hydrogen) atoms. The van der Waals surface area contributed by atoms with Crippen LogP contribution in [-0.2, 0) is 11.4 Å². The molecule has 0 radical (unpaired) electrons. The van der Waals surface area contributed by atoms with Crippen LogP contribution in [0.2, 0.25) is 0 Å². The molecule has 0 atom stereocenters. The minimum absolute atomic E-state index is 0.00158. The summed E-state index contributed by atoms with van der Waals surface area (Å²) in [4.78, 5) is 81.4. The van der Waals surface area contributed by atoms with Crippen molar-refractivity contribution in [3.8, 4) is 0 Å². The van der Waals surface area contributed by atoms with Crippen molar-refractivity contribution in [1.29, 1.82) is 0 Å². The Morgan fingerprint density at radius 2 is 0.500 bits per heavy atom. The summed E-state index contributed by atoms with van der Waals surface area (Å²) in [7, 11) is 0. The molecule has 0 N–H and O–H groups in total. The summed E-state index contributed by atoms with van der Waals surface area (Å²) < 4.78 is 16.8. The molecule has 252 valence electrons. The molecule has 6 rings (SSSR count). The van der Waals surface area contributed by atoms with Crippen molar-refractivity contribution in [3.05, 3.63) is 214 Å². The topological polar surface area (TPSA) is 130 Å². The number of ketones is 3. The maximum Gasteiger partial charge on any atom is 1.20 e. The number of rotatable bonds is 12. The van der Waals surface area contributed by atoms with Gasteiger partial charge in [-0.15, -0.1) is 0 Å². The minimum Gasteiger partial charge on any atom is -0.547 e. The van der Waals surface area contributed by atoms with E-state index in [0.717, 1.165) is 0 Å². The quantitative estimate of drug-likeness (QED) is 0.0957. The summed E-state index contributed by atoms with van der Waals surface area (Å²) in [6.45, 7) is 0. The van der Waals surface area contributed by atoms with E-state index in [4.69, 9.17) is 11.4 Å². The molecule has 0 spiro atoms. The summed E-state index contributed by atoms with van der Waals surface area (Å²) in [5.74, 6) is -4.70. The molecule has 6 aromatic carbocycles. The third-order valence-electron chi connectivity index (χ3n) is 7.89. The third kappa shape index (κ3) is 8.01. The van der Waals surface area contributed by atoms with E-state index in [2.05, 4.69) is 0 Å². The highest BCUT2D eigenvalue weighted by Crippen LogP contribution is 2.21. The van der Waals surface area contributed by atoms with Gasteiger partial charge in [-0.1, -0.05) is 146 Å². The fourth-order valence-electron chi connectivity index (χ4n) is 5.34. The summed E-state index contributed by atoms with van der Waals surface area (Å²) >= 11 is -4.18. The lowest BCUT2D eigenvalue weighted by atomic mass is 9.98. The van der Waals surface area contributed by atoms with Crippen LogP contribution in [-0.4, -0.2) is 50.4 Å². The van der Waals surface area contributed by atoms with Crippen molar-refractivity contribution in [2.75, 3.05) is 0 Å². The van der Waals surface area contributed by atoms with Crippen LogP contribution >= 0.6 is 0 Å². The maximum absolute atomic E-state index is 13.7. The first-order valence-corrected chi connectivity index (χ1v) is 17.4. The Morgan fingerprint density at radius 3 is 0.750 bits per heavy atom. The molecule has 0 saturated carbocycles. The van der Waals surface area contributed by atoms with E-state index in [1.165, 1.54) is 54.6 Å². The predicted octanol–water partition coefficient (Wildman–Crippen LogP) is 7.24. The second kappa shape index (κ2) is 16.3. The van der Waals surface area contributed by atoms with Crippen LogP contribution in [0.4, 0.5) is 0 Å². The summed E-state index contributed by atoms with van der Waals surface area (Å²) in [5.41, 5.74) is 0.447. The van der Waals surface area contributed by atoms with E-state index >= 15 is 0 Å². The lowest BCUT2D eigenvalue weighted by Crippen LogP contribution is -2.36. The van der Waals surface area contributed by atoms with Crippen LogP contribution in [0.25, 0.3) is 0 Å². The van der Waals surface area contributed by atoms with Gasteiger partial charge in [0.15, 0.2) is 17.3 Å². The SMILES string of the molecule is O=C([O][Al]([O]C(=O)c1ccccc1C(=O)c1ccccc1)[O]C(=O)c1ccccc1C(=O)c1ccccc1)c1ccccc1C(=O)c1ccccc1. The number of benzene rings is 6. The molecule has 0 aliphatic heterocycles. The van der Waals surface area contributed by atoms with Gasteiger partial charge < -0.3 is 11.4 Å². The Hall–Kier alpha value is -6.73. The molecule has 9 nitrogen and oxygen atoms in total. The Balaban J connectivity index is 1.33. The van der Waals surface area contributed by atoms with Crippen molar-refractivity contribution in [3.63, 3.8) is 0 Å². The highest BCUT2D eigenvalue weighted by Gasteiger charge is 2.50. The smallest absolute Gasteiger partial charge is 0.547 e. The van der Waals surface area contributed by atoms with Gasteiger partial charge in [0.1, 0.15) is 0 Å². The minimum atomic E-state index is -4.18. The van der Waals surface area contributed by atoms with E-state index in [0.29, 0.717) is 16.7 Å². The highest BCUT2D eigenvalue weighted by molar-refractivity contribution is 6.46. The second-order valence-corrected chi connectivity index (χ2v) is 12.5. The zero-order valence-corrected chi connectivity index (χ0v) is 28.5. The number of carbonyl (C=O) groups excluding carboxylic acids is 6. The van der Waals surface area contributed by atoms with Gasteiger partial charge in [-0.3, -0.25) is 14.4 Å². The molecule has 0 fully saturated rings. The first-order chi connectivity index (χ1) is 25.3. The Bertz CT molecular complexity index is 2030. The number of carbonyl (C=O) groups is 6. The molecular formula is C42H27AlO9. The lowest BCUT2D eigenvalue weighted by Gasteiger charge is -2.16. The maximum atomic E-state index is 13.7. The van der Waals surface area contributed by atoms with Crippen LogP contribution in [0.1, 0.15) is 78.8 Å². The molecular weight excluding hydrogens is 675 g/mol.